The lowest BCUT2D eigenvalue weighted by Crippen LogP contribution is -2.40. The smallest absolute Gasteiger partial charge is 0.487 e. The summed E-state index contributed by atoms with van der Waals surface area (Å²) in [5, 5.41) is 19.6. The Bertz CT molecular complexity index is 1470. The number of anilines is 2. The van der Waals surface area contributed by atoms with Crippen LogP contribution in [0.25, 0.3) is 0 Å². The van der Waals surface area contributed by atoms with Crippen molar-refractivity contribution >= 4 is 17.6 Å². The summed E-state index contributed by atoms with van der Waals surface area (Å²) in [6.45, 7) is 8.38. The van der Waals surface area contributed by atoms with Crippen LogP contribution >= 0.6 is 0 Å². The van der Waals surface area contributed by atoms with E-state index in [-0.39, 0.29) is 17.9 Å². The van der Waals surface area contributed by atoms with Gasteiger partial charge >= 0.3 is 12.1 Å². The molecule has 0 bridgehead atoms. The summed E-state index contributed by atoms with van der Waals surface area (Å²) < 4.78 is 52.0. The van der Waals surface area contributed by atoms with Crippen LogP contribution in [0.4, 0.5) is 29.2 Å². The van der Waals surface area contributed by atoms with Crippen LogP contribution in [0, 0.1) is 17.1 Å². The number of fused-ring (bicyclic) bond motifs is 1. The summed E-state index contributed by atoms with van der Waals surface area (Å²) in [7, 11) is 0. The number of aliphatic carboxylic acids is 1. The highest BCUT2D eigenvalue weighted by Gasteiger charge is 2.38. The van der Waals surface area contributed by atoms with E-state index in [1.807, 2.05) is 12.1 Å². The average molecular weight is 615 g/mol. The normalized spacial score (nSPS) is 15.5. The van der Waals surface area contributed by atoms with Gasteiger partial charge in [-0.05, 0) is 37.6 Å². The number of hydrogen-bond donors (Lipinski definition) is 2. The molecule has 2 aromatic carbocycles. The Morgan fingerprint density at radius 2 is 1.80 bits per heavy atom. The predicted octanol–water partition coefficient (Wildman–Crippen LogP) is 5.55. The monoisotopic (exact) mass is 614 g/mol. The van der Waals surface area contributed by atoms with Crippen molar-refractivity contribution in [1.82, 2.24) is 14.9 Å². The number of halogens is 4. The molecule has 1 aromatic heterocycles. The highest BCUT2D eigenvalue weighted by Crippen LogP contribution is 2.31. The molecule has 13 heteroatoms. The highest BCUT2D eigenvalue weighted by molar-refractivity contribution is 5.73. The summed E-state index contributed by atoms with van der Waals surface area (Å²) in [6.07, 6.45) is -2.78. The number of carbonyl (C=O) groups is 1. The number of benzene rings is 2. The molecule has 0 spiro atoms. The van der Waals surface area contributed by atoms with Gasteiger partial charge in [-0.25, -0.2) is 19.2 Å². The number of hydrogen-bond acceptors (Lipinski definition) is 8. The van der Waals surface area contributed by atoms with Crippen LogP contribution in [0.3, 0.4) is 0 Å². The van der Waals surface area contributed by atoms with Gasteiger partial charge < -0.3 is 20.1 Å². The first-order chi connectivity index (χ1) is 20.9. The topological polar surface area (TPSA) is 115 Å². The zero-order valence-corrected chi connectivity index (χ0v) is 24.4. The Hall–Kier alpha value is -4.44. The molecule has 44 heavy (non-hydrogen) atoms. The molecule has 0 radical (unpaired) electrons. The van der Waals surface area contributed by atoms with E-state index in [1.54, 1.807) is 12.1 Å². The van der Waals surface area contributed by atoms with Gasteiger partial charge in [0.1, 0.15) is 6.10 Å². The van der Waals surface area contributed by atoms with Crippen molar-refractivity contribution < 1.29 is 32.2 Å². The number of rotatable bonds is 7. The number of piperidine rings is 1. The number of nitrogens with one attached hydrogen (secondary N) is 1. The van der Waals surface area contributed by atoms with E-state index in [2.05, 4.69) is 53.2 Å². The third kappa shape index (κ3) is 8.79. The second kappa shape index (κ2) is 14.4. The second-order valence-electron chi connectivity index (χ2n) is 10.9. The fourth-order valence-corrected chi connectivity index (χ4v) is 4.97. The molecular formula is C31H34F4N6O3. The number of carboxylic acid groups (broad SMARTS) is 1. The Morgan fingerprint density at radius 1 is 1.11 bits per heavy atom. The zero-order valence-electron chi connectivity index (χ0n) is 24.4. The maximum absolute atomic E-state index is 14.3. The fourth-order valence-electron chi connectivity index (χ4n) is 4.97. The molecular weight excluding hydrogens is 580 g/mol. The van der Waals surface area contributed by atoms with E-state index in [4.69, 9.17) is 29.9 Å². The second-order valence-corrected chi connectivity index (χ2v) is 10.9. The predicted molar refractivity (Wildman–Crippen MR) is 156 cm³/mol. The summed E-state index contributed by atoms with van der Waals surface area (Å²) in [5.41, 5.74) is 3.72. The van der Waals surface area contributed by atoms with E-state index in [0.717, 1.165) is 75.0 Å². The minimum absolute atomic E-state index is 0.0858. The number of nitriles is 1. The average Bonchev–Trinajstić information content (AvgIpc) is 2.98. The van der Waals surface area contributed by atoms with Crippen LogP contribution in [0.1, 0.15) is 49.2 Å². The lowest BCUT2D eigenvalue weighted by molar-refractivity contribution is -0.192. The molecule has 3 aromatic rings. The van der Waals surface area contributed by atoms with Crippen LogP contribution in [-0.2, 0) is 24.3 Å². The molecule has 9 nitrogen and oxygen atoms in total. The number of carboxylic acids is 1. The third-order valence-corrected chi connectivity index (χ3v) is 7.08. The molecule has 0 saturated carbocycles. The molecule has 0 amide bonds. The fraction of sp³-hybridized carbons (Fsp3) is 0.419. The van der Waals surface area contributed by atoms with Crippen molar-refractivity contribution in [3.8, 4) is 11.8 Å². The SMILES string of the molecule is CC(C)Nc1nc2c(nc1N1CCC(Oc3ccc(C#N)cc3F)CC1)CCN(Cc1ccccc1)C2.O=C(O)C(F)(F)F. The van der Waals surface area contributed by atoms with E-state index >= 15 is 0 Å². The standard InChI is InChI=1S/C29H33FN6O.C2HF3O2/c1-20(2)32-28-29(34-25-12-13-35(19-26(25)33-28)18-21-6-4-3-5-7-21)36-14-10-23(11-15-36)37-27-9-8-22(17-31)16-24(27)30;3-2(4,5)1(6)7/h3-9,16,20,23H,10-15,18-19H2,1-2H3,(H,32,33);(H,6,7). The Labute approximate surface area is 253 Å². The first-order valence-electron chi connectivity index (χ1n) is 14.3. The van der Waals surface area contributed by atoms with Crippen LogP contribution in [0.15, 0.2) is 48.5 Å². The summed E-state index contributed by atoms with van der Waals surface area (Å²) in [5.74, 6) is -1.33. The minimum atomic E-state index is -5.08. The zero-order chi connectivity index (χ0) is 31.9. The molecule has 2 aliphatic rings. The summed E-state index contributed by atoms with van der Waals surface area (Å²) >= 11 is 0. The largest absolute Gasteiger partial charge is 0.490 e. The van der Waals surface area contributed by atoms with Crippen molar-refractivity contribution in [1.29, 1.82) is 5.26 Å². The van der Waals surface area contributed by atoms with E-state index in [1.165, 1.54) is 11.6 Å². The molecule has 1 fully saturated rings. The maximum Gasteiger partial charge on any atom is 0.490 e. The van der Waals surface area contributed by atoms with Crippen molar-refractivity contribution in [3.63, 3.8) is 0 Å². The Balaban J connectivity index is 0.000000566. The molecule has 0 unspecified atom stereocenters. The van der Waals surface area contributed by atoms with Crippen molar-refractivity contribution in [2.24, 2.45) is 0 Å². The quantitative estimate of drug-likeness (QED) is 0.331. The van der Waals surface area contributed by atoms with Gasteiger partial charge in [-0.1, -0.05) is 30.3 Å². The summed E-state index contributed by atoms with van der Waals surface area (Å²) in [4.78, 5) is 23.8. The van der Waals surface area contributed by atoms with E-state index < -0.39 is 18.0 Å². The van der Waals surface area contributed by atoms with Crippen LogP contribution < -0.4 is 15.0 Å². The van der Waals surface area contributed by atoms with Gasteiger partial charge in [0.2, 0.25) is 0 Å². The molecule has 1 saturated heterocycles. The number of aromatic nitrogens is 2. The van der Waals surface area contributed by atoms with Gasteiger partial charge in [0.25, 0.3) is 0 Å². The van der Waals surface area contributed by atoms with Gasteiger partial charge in [-0.3, -0.25) is 4.90 Å². The van der Waals surface area contributed by atoms with Crippen molar-refractivity contribution in [2.45, 2.75) is 64.5 Å². The highest BCUT2D eigenvalue weighted by atomic mass is 19.4. The van der Waals surface area contributed by atoms with Gasteiger partial charge in [0.15, 0.2) is 23.2 Å². The Kier molecular flexibility index (Phi) is 10.6. The Morgan fingerprint density at radius 3 is 2.39 bits per heavy atom. The van der Waals surface area contributed by atoms with Crippen molar-refractivity contribution in [3.05, 3.63) is 76.9 Å². The van der Waals surface area contributed by atoms with Crippen LogP contribution in [0.2, 0.25) is 0 Å². The molecule has 3 heterocycles. The van der Waals surface area contributed by atoms with Crippen LogP contribution in [-0.4, -0.2) is 63.9 Å². The molecule has 234 valence electrons. The van der Waals surface area contributed by atoms with Crippen LogP contribution in [0.5, 0.6) is 5.75 Å². The minimum Gasteiger partial charge on any atom is -0.487 e. The van der Waals surface area contributed by atoms with E-state index in [9.17, 15) is 17.6 Å². The molecule has 0 aliphatic carbocycles. The molecule has 5 rings (SSSR count). The molecule has 0 atom stereocenters. The molecule has 2 aliphatic heterocycles. The lowest BCUT2D eigenvalue weighted by atomic mass is 10.1. The first kappa shape index (κ1) is 32.5. The first-order valence-corrected chi connectivity index (χ1v) is 14.3. The maximum atomic E-state index is 14.3. The van der Waals surface area contributed by atoms with Gasteiger partial charge in [0.05, 0.1) is 23.0 Å². The van der Waals surface area contributed by atoms with Gasteiger partial charge in [-0.2, -0.15) is 18.4 Å². The van der Waals surface area contributed by atoms with Gasteiger partial charge in [0, 0.05) is 58.0 Å². The van der Waals surface area contributed by atoms with Gasteiger partial charge in [-0.15, -0.1) is 0 Å². The third-order valence-electron chi connectivity index (χ3n) is 7.08. The summed E-state index contributed by atoms with van der Waals surface area (Å²) in [6, 6.07) is 17.1. The van der Waals surface area contributed by atoms with E-state index in [0.29, 0.717) is 5.56 Å². The van der Waals surface area contributed by atoms with Crippen molar-refractivity contribution in [2.75, 3.05) is 29.9 Å². The number of nitrogens with zero attached hydrogens (tertiary/aromatic N) is 5. The number of ether oxygens (including phenoxy) is 1. The lowest BCUT2D eigenvalue weighted by Gasteiger charge is -2.35. The molecule has 2 N–H and O–H groups in total. The number of alkyl halides is 3.